The number of carboxylic acids is 1. The van der Waals surface area contributed by atoms with Crippen LogP contribution >= 0.6 is 0 Å². The summed E-state index contributed by atoms with van der Waals surface area (Å²) in [5.74, 6) is -1.62. The predicted molar refractivity (Wildman–Crippen MR) is 132 cm³/mol. The second-order valence-electron chi connectivity index (χ2n) is 10.4. The fraction of sp³-hybridized carbons (Fsp3) is 0.464. The molecule has 3 aliphatic rings. The van der Waals surface area contributed by atoms with E-state index in [-0.39, 0.29) is 53.1 Å². The molecule has 0 radical (unpaired) electrons. The highest BCUT2D eigenvalue weighted by Gasteiger charge is 2.63. The number of benzene rings is 2. The van der Waals surface area contributed by atoms with Gasteiger partial charge in [0, 0.05) is 42.0 Å². The van der Waals surface area contributed by atoms with E-state index in [2.05, 4.69) is 0 Å². The fourth-order valence-corrected chi connectivity index (χ4v) is 6.85. The minimum Gasteiger partial charge on any atom is -0.481 e. The lowest BCUT2D eigenvalue weighted by molar-refractivity contribution is -0.143. The molecule has 7 nitrogen and oxygen atoms in total. The van der Waals surface area contributed by atoms with Crippen LogP contribution in [0, 0.1) is 11.7 Å². The van der Waals surface area contributed by atoms with Gasteiger partial charge in [-0.1, -0.05) is 30.3 Å². The van der Waals surface area contributed by atoms with E-state index in [0.29, 0.717) is 12.1 Å². The quantitative estimate of drug-likeness (QED) is 0.484. The first-order valence-corrected chi connectivity index (χ1v) is 12.8. The molecule has 2 aliphatic carbocycles. The maximum atomic E-state index is 13.7. The van der Waals surface area contributed by atoms with E-state index in [4.69, 9.17) is 0 Å². The van der Waals surface area contributed by atoms with Crippen LogP contribution in [0.5, 0.6) is 0 Å². The Balaban J connectivity index is 1.66. The first-order chi connectivity index (χ1) is 17.3. The Hall–Kier alpha value is -3.26. The van der Waals surface area contributed by atoms with Gasteiger partial charge in [-0.15, -0.1) is 0 Å². The first kappa shape index (κ1) is 24.4. The zero-order valence-electron chi connectivity index (χ0n) is 20.3. The first-order valence-electron chi connectivity index (χ1n) is 12.8. The number of amides is 2. The third-order valence-electron chi connectivity index (χ3n) is 8.47. The summed E-state index contributed by atoms with van der Waals surface area (Å²) in [6.45, 7) is 1.89. The lowest BCUT2D eigenvalue weighted by Crippen LogP contribution is -2.66. The van der Waals surface area contributed by atoms with Gasteiger partial charge in [-0.2, -0.15) is 9.28 Å². The van der Waals surface area contributed by atoms with Crippen molar-refractivity contribution in [3.05, 3.63) is 65.5 Å². The van der Waals surface area contributed by atoms with Gasteiger partial charge in [-0.25, -0.2) is 4.39 Å². The zero-order valence-corrected chi connectivity index (χ0v) is 20.3. The van der Waals surface area contributed by atoms with E-state index in [1.54, 1.807) is 12.1 Å². The lowest BCUT2D eigenvalue weighted by atomic mass is 9.78. The van der Waals surface area contributed by atoms with Gasteiger partial charge in [-0.3, -0.25) is 9.59 Å². The Morgan fingerprint density at radius 3 is 2.33 bits per heavy atom. The molecule has 5 rings (SSSR count). The highest BCUT2D eigenvalue weighted by molar-refractivity contribution is 5.86. The van der Waals surface area contributed by atoms with E-state index in [1.165, 1.54) is 12.1 Å². The van der Waals surface area contributed by atoms with Crippen molar-refractivity contribution in [1.29, 1.82) is 0 Å². The van der Waals surface area contributed by atoms with Gasteiger partial charge < -0.3 is 15.1 Å². The van der Waals surface area contributed by atoms with Crippen molar-refractivity contribution >= 4 is 23.7 Å². The molecule has 1 heterocycles. The molecule has 2 aromatic carbocycles. The minimum atomic E-state index is -1.00. The molecule has 2 amide bonds. The average molecular weight is 496 g/mol. The van der Waals surface area contributed by atoms with Crippen molar-refractivity contribution in [2.75, 3.05) is 0 Å². The standard InChI is InChI=1S/C28H31FN2O5/c1-17(18-9-11-19(29)12-10-18)31(28(35)36)23-7-3-2-5-21(23)27(22-6-4-8-24(22)31)30(20-13-14-20)25(32)15-16-26(33)34/h2-3,5,7,9-12,17,20,22,24,27H,4,6,8,13-16H2,1H3,(H-,33,34,35,36)/p+1/t17-,22+,24-,27+,31-/m1/s1. The van der Waals surface area contributed by atoms with Gasteiger partial charge in [0.05, 0.1) is 12.5 Å². The SMILES string of the molecule is C[C@H](c1ccc(F)cc1)[N@@+]1(C(=O)O)c2ccccc2[C@H](N(C(=O)CCC(=O)O)C2CC2)[C@H]2CCC[C@H]21. The van der Waals surface area contributed by atoms with E-state index in [1.807, 2.05) is 36.1 Å². The lowest BCUT2D eigenvalue weighted by Gasteiger charge is -2.52. The van der Waals surface area contributed by atoms with Gasteiger partial charge in [0.15, 0.2) is 0 Å². The summed E-state index contributed by atoms with van der Waals surface area (Å²) >= 11 is 0. The number of nitrogens with zero attached hydrogens (tertiary/aromatic N) is 2. The maximum Gasteiger partial charge on any atom is 0.519 e. The fourth-order valence-electron chi connectivity index (χ4n) is 6.85. The smallest absolute Gasteiger partial charge is 0.481 e. The molecule has 0 bridgehead atoms. The number of para-hydroxylation sites is 1. The monoisotopic (exact) mass is 495 g/mol. The normalized spacial score (nSPS) is 27.6. The molecule has 0 spiro atoms. The molecule has 36 heavy (non-hydrogen) atoms. The number of hydrogen-bond donors (Lipinski definition) is 2. The van der Waals surface area contributed by atoms with Crippen molar-refractivity contribution in [2.24, 2.45) is 5.92 Å². The topological polar surface area (TPSA) is 94.9 Å². The Morgan fingerprint density at radius 2 is 1.69 bits per heavy atom. The number of carbonyl (C=O) groups is 3. The van der Waals surface area contributed by atoms with E-state index in [0.717, 1.165) is 36.8 Å². The van der Waals surface area contributed by atoms with Crippen LogP contribution in [0.15, 0.2) is 48.5 Å². The van der Waals surface area contributed by atoms with Crippen LogP contribution in [0.1, 0.15) is 75.1 Å². The van der Waals surface area contributed by atoms with E-state index < -0.39 is 18.1 Å². The summed E-state index contributed by atoms with van der Waals surface area (Å²) < 4.78 is 13.4. The number of aliphatic carboxylic acids is 1. The van der Waals surface area contributed by atoms with Gasteiger partial charge in [0.2, 0.25) is 5.91 Å². The second-order valence-corrected chi connectivity index (χ2v) is 10.4. The number of hydrogen-bond acceptors (Lipinski definition) is 3. The van der Waals surface area contributed by atoms with Gasteiger partial charge in [-0.05, 0) is 44.7 Å². The van der Waals surface area contributed by atoms with Crippen molar-refractivity contribution in [3.63, 3.8) is 0 Å². The van der Waals surface area contributed by atoms with Crippen molar-refractivity contribution in [2.45, 2.75) is 76.0 Å². The summed E-state index contributed by atoms with van der Waals surface area (Å²) in [6.07, 6.45) is 2.86. The van der Waals surface area contributed by atoms with Crippen LogP contribution in [0.4, 0.5) is 14.9 Å². The Labute approximate surface area is 209 Å². The van der Waals surface area contributed by atoms with Crippen LogP contribution in [0.25, 0.3) is 0 Å². The van der Waals surface area contributed by atoms with Gasteiger partial charge in [0.25, 0.3) is 0 Å². The number of fused-ring (bicyclic) bond motifs is 2. The number of quaternary nitrogens is 1. The molecule has 8 heteroatoms. The third-order valence-corrected chi connectivity index (χ3v) is 8.47. The van der Waals surface area contributed by atoms with Crippen molar-refractivity contribution in [1.82, 2.24) is 9.38 Å². The van der Waals surface area contributed by atoms with Gasteiger partial charge in [0.1, 0.15) is 23.6 Å². The maximum absolute atomic E-state index is 13.7. The highest BCUT2D eigenvalue weighted by Crippen LogP contribution is 2.58. The molecular weight excluding hydrogens is 463 g/mol. The Morgan fingerprint density at radius 1 is 1.00 bits per heavy atom. The van der Waals surface area contributed by atoms with Crippen LogP contribution < -0.4 is 4.48 Å². The van der Waals surface area contributed by atoms with Crippen molar-refractivity contribution in [3.8, 4) is 0 Å². The molecule has 0 saturated heterocycles. The molecule has 2 saturated carbocycles. The summed E-state index contributed by atoms with van der Waals surface area (Å²) in [5, 5.41) is 20.1. The molecule has 1 aliphatic heterocycles. The number of carbonyl (C=O) groups excluding carboxylic acids is 1. The third kappa shape index (κ3) is 3.88. The predicted octanol–water partition coefficient (Wildman–Crippen LogP) is 5.65. The second kappa shape index (κ2) is 9.32. The molecule has 2 N–H and O–H groups in total. The zero-order chi connectivity index (χ0) is 25.6. The number of carboxylic acid groups (broad SMARTS) is 2. The number of rotatable bonds is 7. The van der Waals surface area contributed by atoms with E-state index >= 15 is 0 Å². The molecule has 2 aromatic rings. The van der Waals surface area contributed by atoms with Gasteiger partial charge >= 0.3 is 12.1 Å². The summed E-state index contributed by atoms with van der Waals surface area (Å²) in [5.41, 5.74) is 2.23. The number of halogens is 1. The molecule has 2 fully saturated rings. The van der Waals surface area contributed by atoms with Crippen LogP contribution in [0.2, 0.25) is 0 Å². The molecular formula is C28H32FN2O5+. The molecule has 0 aromatic heterocycles. The molecule has 5 atom stereocenters. The summed E-state index contributed by atoms with van der Waals surface area (Å²) in [4.78, 5) is 39.9. The molecule has 190 valence electrons. The summed E-state index contributed by atoms with van der Waals surface area (Å²) in [7, 11) is 0. The molecule has 0 unspecified atom stereocenters. The van der Waals surface area contributed by atoms with Crippen LogP contribution in [-0.2, 0) is 9.59 Å². The minimum absolute atomic E-state index is 0.0601. The van der Waals surface area contributed by atoms with E-state index in [9.17, 15) is 29.0 Å². The van der Waals surface area contributed by atoms with Crippen LogP contribution in [-0.4, -0.2) is 45.2 Å². The highest BCUT2D eigenvalue weighted by atomic mass is 19.1. The van der Waals surface area contributed by atoms with Crippen LogP contribution in [0.3, 0.4) is 0 Å². The largest absolute Gasteiger partial charge is 0.519 e. The Bertz CT molecular complexity index is 1180. The summed E-state index contributed by atoms with van der Waals surface area (Å²) in [6, 6.07) is 12.6. The Kier molecular flexibility index (Phi) is 6.32. The van der Waals surface area contributed by atoms with Crippen molar-refractivity contribution < 1.29 is 29.0 Å². The average Bonchev–Trinajstić information content (AvgIpc) is 3.57.